The van der Waals surface area contributed by atoms with Gasteiger partial charge < -0.3 is 34.1 Å². The van der Waals surface area contributed by atoms with Crippen LogP contribution in [0.5, 0.6) is 11.5 Å². The van der Waals surface area contributed by atoms with Gasteiger partial charge in [-0.15, -0.1) is 0 Å². The van der Waals surface area contributed by atoms with Crippen LogP contribution in [0.15, 0.2) is 18.2 Å². The highest BCUT2D eigenvalue weighted by molar-refractivity contribution is 5.74. The monoisotopic (exact) mass is 581 g/mol. The molecule has 0 fully saturated rings. The van der Waals surface area contributed by atoms with Gasteiger partial charge in [-0.05, 0) is 78.0 Å². The number of unbranched alkanes of at least 4 members (excludes halogenated alkanes) is 2. The lowest BCUT2D eigenvalue weighted by molar-refractivity contribution is -0.148. The molecular weight excluding hydrogens is 534 g/mol. The lowest BCUT2D eigenvalue weighted by Gasteiger charge is -2.24. The largest absolute Gasteiger partial charge is 0.514 e. The Kier molecular flexibility index (Phi) is 14.6. The zero-order valence-electron chi connectivity index (χ0n) is 25.7. The molecule has 0 radical (unpaired) electrons. The second-order valence-electron chi connectivity index (χ2n) is 11.2. The van der Waals surface area contributed by atoms with E-state index in [-0.39, 0.29) is 30.4 Å². The van der Waals surface area contributed by atoms with Crippen LogP contribution in [0.4, 0.5) is 9.59 Å². The molecule has 1 rings (SSSR count). The lowest BCUT2D eigenvalue weighted by Crippen LogP contribution is -2.42. The van der Waals surface area contributed by atoms with E-state index in [4.69, 9.17) is 23.7 Å². The number of nitrogens with one attached hydrogen (secondary N) is 1. The predicted octanol–water partition coefficient (Wildman–Crippen LogP) is 6.19. The number of hydrogen-bond donors (Lipinski definition) is 2. The highest BCUT2D eigenvalue weighted by Crippen LogP contribution is 2.31. The van der Waals surface area contributed by atoms with E-state index in [0.717, 1.165) is 19.3 Å². The standard InChI is InChI=1S/C30H47NO10/c1-9-12-13-14-25(32)37-20(4)19-31-22(26(33)34)17-21-15-16-23(38-27(35)40-29(5,6)10-2)24(18-21)39-28(36)41-30(7,8)11-3/h15-16,18,20,22,31H,9-14,17,19H2,1-8H3,(H,33,34)/t20?,22-/m0/s1. The van der Waals surface area contributed by atoms with Gasteiger partial charge in [-0.2, -0.15) is 0 Å². The van der Waals surface area contributed by atoms with Crippen molar-refractivity contribution in [2.45, 2.75) is 124 Å². The summed E-state index contributed by atoms with van der Waals surface area (Å²) in [5, 5.41) is 12.7. The van der Waals surface area contributed by atoms with E-state index in [0.29, 0.717) is 24.8 Å². The first kappa shape index (κ1) is 35.7. The molecule has 41 heavy (non-hydrogen) atoms. The molecule has 1 unspecified atom stereocenters. The van der Waals surface area contributed by atoms with Gasteiger partial charge in [-0.3, -0.25) is 9.59 Å². The van der Waals surface area contributed by atoms with Gasteiger partial charge in [0.05, 0.1) is 0 Å². The van der Waals surface area contributed by atoms with Crippen molar-refractivity contribution in [1.82, 2.24) is 5.32 Å². The maximum Gasteiger partial charge on any atom is 0.514 e. The van der Waals surface area contributed by atoms with E-state index < -0.39 is 41.6 Å². The molecule has 0 heterocycles. The van der Waals surface area contributed by atoms with Crippen LogP contribution in [-0.2, 0) is 30.2 Å². The highest BCUT2D eigenvalue weighted by atomic mass is 16.8. The van der Waals surface area contributed by atoms with Crippen molar-refractivity contribution in [2.75, 3.05) is 6.54 Å². The van der Waals surface area contributed by atoms with Gasteiger partial charge in [0.15, 0.2) is 11.5 Å². The molecule has 0 spiro atoms. The Hall–Kier alpha value is -3.34. The van der Waals surface area contributed by atoms with E-state index in [1.165, 1.54) is 12.1 Å². The fourth-order valence-corrected chi connectivity index (χ4v) is 3.30. The summed E-state index contributed by atoms with van der Waals surface area (Å²) in [4.78, 5) is 48.9. The minimum Gasteiger partial charge on any atom is -0.480 e. The Morgan fingerprint density at radius 1 is 0.878 bits per heavy atom. The number of benzene rings is 1. The topological polar surface area (TPSA) is 147 Å². The molecular formula is C30H47NO10. The molecule has 0 bridgehead atoms. The number of aliphatic carboxylic acids is 1. The number of carboxylic acids is 1. The molecule has 0 amide bonds. The summed E-state index contributed by atoms with van der Waals surface area (Å²) in [7, 11) is 0. The molecule has 1 aromatic rings. The molecule has 0 saturated carbocycles. The van der Waals surface area contributed by atoms with Crippen molar-refractivity contribution in [3.8, 4) is 11.5 Å². The summed E-state index contributed by atoms with van der Waals surface area (Å²) in [5.74, 6) is -1.68. The Morgan fingerprint density at radius 2 is 1.44 bits per heavy atom. The van der Waals surface area contributed by atoms with E-state index in [1.54, 1.807) is 40.7 Å². The van der Waals surface area contributed by atoms with E-state index in [2.05, 4.69) is 5.32 Å². The quantitative estimate of drug-likeness (QED) is 0.0939. The van der Waals surface area contributed by atoms with Crippen molar-refractivity contribution in [1.29, 1.82) is 0 Å². The van der Waals surface area contributed by atoms with Crippen molar-refractivity contribution in [3.63, 3.8) is 0 Å². The summed E-state index contributed by atoms with van der Waals surface area (Å²) >= 11 is 0. The second kappa shape index (κ2) is 16.8. The number of carbonyl (C=O) groups excluding carboxylic acids is 3. The molecule has 1 aromatic carbocycles. The first-order valence-corrected chi connectivity index (χ1v) is 14.2. The maximum absolute atomic E-state index is 12.5. The zero-order chi connectivity index (χ0) is 31.2. The molecule has 0 aliphatic rings. The van der Waals surface area contributed by atoms with Crippen molar-refractivity contribution in [2.24, 2.45) is 0 Å². The highest BCUT2D eigenvalue weighted by Gasteiger charge is 2.27. The van der Waals surface area contributed by atoms with Gasteiger partial charge in [0.1, 0.15) is 23.3 Å². The average molecular weight is 582 g/mol. The SMILES string of the molecule is CCCCCC(=O)OC(C)CN[C@@H](Cc1ccc(OC(=O)OC(C)(C)CC)c(OC(=O)OC(C)(C)CC)c1)C(=O)O. The van der Waals surface area contributed by atoms with Gasteiger partial charge in [-0.1, -0.05) is 39.7 Å². The third-order valence-electron chi connectivity index (χ3n) is 6.52. The Morgan fingerprint density at radius 3 is 1.95 bits per heavy atom. The number of rotatable bonds is 17. The zero-order valence-corrected chi connectivity index (χ0v) is 25.7. The summed E-state index contributed by atoms with van der Waals surface area (Å²) in [6.07, 6.45) is 1.53. The predicted molar refractivity (Wildman–Crippen MR) is 152 cm³/mol. The summed E-state index contributed by atoms with van der Waals surface area (Å²) in [6.45, 7) is 14.5. The minimum absolute atomic E-state index is 0.00798. The number of carbonyl (C=O) groups is 4. The fourth-order valence-electron chi connectivity index (χ4n) is 3.30. The second-order valence-corrected chi connectivity index (χ2v) is 11.2. The average Bonchev–Trinajstić information content (AvgIpc) is 2.87. The number of hydrogen-bond acceptors (Lipinski definition) is 10. The smallest absolute Gasteiger partial charge is 0.480 e. The molecule has 0 aliphatic carbocycles. The van der Waals surface area contributed by atoms with E-state index in [9.17, 15) is 24.3 Å². The van der Waals surface area contributed by atoms with Gasteiger partial charge in [0, 0.05) is 13.0 Å². The van der Waals surface area contributed by atoms with Crippen LogP contribution in [0.25, 0.3) is 0 Å². The van der Waals surface area contributed by atoms with Crippen LogP contribution in [0.3, 0.4) is 0 Å². The fraction of sp³-hybridized carbons (Fsp3) is 0.667. The van der Waals surface area contributed by atoms with Crippen molar-refractivity contribution < 1.29 is 48.0 Å². The van der Waals surface area contributed by atoms with Gasteiger partial charge >= 0.3 is 24.2 Å². The van der Waals surface area contributed by atoms with Crippen LogP contribution in [-0.4, -0.2) is 59.2 Å². The van der Waals surface area contributed by atoms with Crippen LogP contribution >= 0.6 is 0 Å². The Bertz CT molecular complexity index is 1020. The third kappa shape index (κ3) is 14.2. The van der Waals surface area contributed by atoms with Crippen LogP contribution in [0.1, 0.15) is 99.5 Å². The molecule has 0 aromatic heterocycles. The van der Waals surface area contributed by atoms with Crippen molar-refractivity contribution in [3.05, 3.63) is 23.8 Å². The normalized spacial score (nSPS) is 13.1. The first-order chi connectivity index (χ1) is 19.1. The van der Waals surface area contributed by atoms with Crippen LogP contribution in [0.2, 0.25) is 0 Å². The maximum atomic E-state index is 12.5. The van der Waals surface area contributed by atoms with Crippen molar-refractivity contribution >= 4 is 24.2 Å². The van der Waals surface area contributed by atoms with E-state index in [1.807, 2.05) is 20.8 Å². The van der Waals surface area contributed by atoms with Gasteiger partial charge in [0.2, 0.25) is 0 Å². The Balaban J connectivity index is 3.05. The molecule has 11 heteroatoms. The minimum atomic E-state index is -1.12. The molecule has 0 aliphatic heterocycles. The first-order valence-electron chi connectivity index (χ1n) is 14.2. The molecule has 232 valence electrons. The van der Waals surface area contributed by atoms with Gasteiger partial charge in [-0.25, -0.2) is 9.59 Å². The number of ether oxygens (including phenoxy) is 5. The summed E-state index contributed by atoms with van der Waals surface area (Å²) in [5.41, 5.74) is -1.10. The third-order valence-corrected chi connectivity index (χ3v) is 6.52. The molecule has 0 saturated heterocycles. The van der Waals surface area contributed by atoms with Crippen LogP contribution < -0.4 is 14.8 Å². The van der Waals surface area contributed by atoms with Gasteiger partial charge in [0.25, 0.3) is 0 Å². The Labute approximate surface area is 243 Å². The summed E-state index contributed by atoms with van der Waals surface area (Å²) in [6, 6.07) is 3.30. The number of esters is 1. The summed E-state index contributed by atoms with van der Waals surface area (Å²) < 4.78 is 26.8. The van der Waals surface area contributed by atoms with E-state index >= 15 is 0 Å². The lowest BCUT2D eigenvalue weighted by atomic mass is 10.0. The molecule has 11 nitrogen and oxygen atoms in total. The molecule has 2 atom stereocenters. The number of carboxylic acid groups (broad SMARTS) is 1. The molecule has 2 N–H and O–H groups in total. The van der Waals surface area contributed by atoms with Crippen LogP contribution in [0, 0.1) is 0 Å².